The lowest BCUT2D eigenvalue weighted by molar-refractivity contribution is 0.0727. The fraction of sp³-hybridized carbons (Fsp3) is 0.429. The van der Waals surface area contributed by atoms with E-state index in [9.17, 15) is 4.79 Å². The van der Waals surface area contributed by atoms with E-state index in [1.807, 2.05) is 29.2 Å². The van der Waals surface area contributed by atoms with E-state index in [-0.39, 0.29) is 11.9 Å². The Bertz CT molecular complexity index is 1020. The summed E-state index contributed by atoms with van der Waals surface area (Å²) < 4.78 is 3.96. The summed E-state index contributed by atoms with van der Waals surface area (Å²) in [5, 5.41) is 14.0. The molecular formula is C21H23ClN6O. The molecule has 4 heterocycles. The van der Waals surface area contributed by atoms with Crippen LogP contribution in [0, 0.1) is 0 Å². The molecule has 8 heteroatoms. The average Bonchev–Trinajstić information content (AvgIpc) is 3.45. The van der Waals surface area contributed by atoms with Gasteiger partial charge in [0.25, 0.3) is 5.91 Å². The Balaban J connectivity index is 1.40. The highest BCUT2D eigenvalue weighted by molar-refractivity contribution is 6.30. The van der Waals surface area contributed by atoms with Gasteiger partial charge < -0.3 is 9.47 Å². The van der Waals surface area contributed by atoms with Crippen molar-refractivity contribution in [2.75, 3.05) is 6.54 Å². The predicted octanol–water partition coefficient (Wildman–Crippen LogP) is 3.82. The minimum absolute atomic E-state index is 0.00122. The van der Waals surface area contributed by atoms with Gasteiger partial charge in [0.1, 0.15) is 5.82 Å². The molecule has 0 aliphatic carbocycles. The number of carbonyl (C=O) groups excluding carboxylic acids is 1. The first-order valence-electron chi connectivity index (χ1n) is 10.2. The Kier molecular flexibility index (Phi) is 4.83. The lowest BCUT2D eigenvalue weighted by atomic mass is 10.2. The Labute approximate surface area is 174 Å². The predicted molar refractivity (Wildman–Crippen MR) is 109 cm³/mol. The van der Waals surface area contributed by atoms with Crippen LogP contribution in [0.5, 0.6) is 0 Å². The number of aryl methyl sites for hydroxylation is 1. The summed E-state index contributed by atoms with van der Waals surface area (Å²) in [5.41, 5.74) is 1.46. The van der Waals surface area contributed by atoms with Crippen molar-refractivity contribution < 1.29 is 4.79 Å². The Morgan fingerprint density at radius 1 is 1.03 bits per heavy atom. The number of carbonyl (C=O) groups is 1. The van der Waals surface area contributed by atoms with Gasteiger partial charge in [-0.3, -0.25) is 4.79 Å². The molecule has 1 saturated heterocycles. The van der Waals surface area contributed by atoms with Crippen LogP contribution in [-0.4, -0.2) is 41.9 Å². The molecule has 2 aliphatic rings. The van der Waals surface area contributed by atoms with Crippen molar-refractivity contribution in [3.63, 3.8) is 0 Å². The zero-order chi connectivity index (χ0) is 19.8. The quantitative estimate of drug-likeness (QED) is 0.658. The maximum Gasteiger partial charge on any atom is 0.257 e. The van der Waals surface area contributed by atoms with Crippen molar-refractivity contribution in [3.8, 4) is 5.69 Å². The summed E-state index contributed by atoms with van der Waals surface area (Å²) in [6.45, 7) is 1.68. The first-order valence-corrected chi connectivity index (χ1v) is 10.6. The molecule has 1 fully saturated rings. The van der Waals surface area contributed by atoms with E-state index in [0.717, 1.165) is 62.5 Å². The molecule has 2 aliphatic heterocycles. The fourth-order valence-electron chi connectivity index (χ4n) is 4.37. The van der Waals surface area contributed by atoms with E-state index >= 15 is 0 Å². The molecule has 0 radical (unpaired) electrons. The molecule has 0 spiro atoms. The molecule has 0 bridgehead atoms. The molecule has 3 aromatic rings. The Morgan fingerprint density at radius 3 is 2.76 bits per heavy atom. The van der Waals surface area contributed by atoms with Gasteiger partial charge in [0.2, 0.25) is 0 Å². The van der Waals surface area contributed by atoms with Crippen LogP contribution in [0.1, 0.15) is 60.2 Å². The maximum absolute atomic E-state index is 13.3. The number of rotatable bonds is 3. The van der Waals surface area contributed by atoms with Gasteiger partial charge in [0.15, 0.2) is 5.82 Å². The normalized spacial score (nSPS) is 19.2. The minimum atomic E-state index is -0.0132. The molecule has 1 atom stereocenters. The number of hydrogen-bond donors (Lipinski definition) is 0. The smallest absolute Gasteiger partial charge is 0.257 e. The van der Waals surface area contributed by atoms with Crippen LogP contribution in [0.25, 0.3) is 5.69 Å². The van der Waals surface area contributed by atoms with Gasteiger partial charge in [0.05, 0.1) is 23.5 Å². The van der Waals surface area contributed by atoms with Crippen molar-refractivity contribution in [3.05, 3.63) is 58.9 Å². The molecule has 7 nitrogen and oxygen atoms in total. The first kappa shape index (κ1) is 18.4. The maximum atomic E-state index is 13.3. The largest absolute Gasteiger partial charge is 0.328 e. The van der Waals surface area contributed by atoms with Crippen molar-refractivity contribution in [2.24, 2.45) is 0 Å². The number of amides is 1. The second kappa shape index (κ2) is 7.63. The average molecular weight is 411 g/mol. The van der Waals surface area contributed by atoms with Crippen molar-refractivity contribution >= 4 is 17.5 Å². The molecular weight excluding hydrogens is 388 g/mol. The second-order valence-corrected chi connectivity index (χ2v) is 8.18. The molecule has 1 aromatic carbocycles. The summed E-state index contributed by atoms with van der Waals surface area (Å²) in [4.78, 5) is 15.2. The van der Waals surface area contributed by atoms with E-state index < -0.39 is 0 Å². The lowest BCUT2D eigenvalue weighted by Gasteiger charge is -2.24. The summed E-state index contributed by atoms with van der Waals surface area (Å²) >= 11 is 5.96. The number of halogens is 1. The number of nitrogens with zero attached hydrogens (tertiary/aromatic N) is 6. The molecule has 29 heavy (non-hydrogen) atoms. The van der Waals surface area contributed by atoms with Gasteiger partial charge in [-0.15, -0.1) is 10.2 Å². The molecule has 2 aromatic heterocycles. The van der Waals surface area contributed by atoms with E-state index in [1.54, 1.807) is 17.1 Å². The molecule has 5 rings (SSSR count). The number of aromatic nitrogens is 5. The van der Waals surface area contributed by atoms with E-state index in [2.05, 4.69) is 19.9 Å². The zero-order valence-corrected chi connectivity index (χ0v) is 16.9. The first-order chi connectivity index (χ1) is 14.2. The number of likely N-dealkylation sites (tertiary alicyclic amines) is 1. The molecule has 1 amide bonds. The van der Waals surface area contributed by atoms with Gasteiger partial charge in [-0.2, -0.15) is 5.10 Å². The standard InChI is InChI=1S/C21H23ClN6O/c22-16-7-9-17(10-8-16)28-14-15(13-23-28)21(29)26-12-4-5-18(26)20-25-24-19-6-2-1-3-11-27(19)20/h7-10,13-14,18H,1-6,11-12H2. The molecule has 150 valence electrons. The van der Waals surface area contributed by atoms with Crippen molar-refractivity contribution in [1.29, 1.82) is 0 Å². The Hall–Kier alpha value is -2.67. The number of benzene rings is 1. The van der Waals surface area contributed by atoms with Crippen LogP contribution < -0.4 is 0 Å². The minimum Gasteiger partial charge on any atom is -0.328 e. The summed E-state index contributed by atoms with van der Waals surface area (Å²) in [7, 11) is 0. The van der Waals surface area contributed by atoms with Crippen LogP contribution in [0.15, 0.2) is 36.7 Å². The van der Waals surface area contributed by atoms with Gasteiger partial charge in [-0.25, -0.2) is 4.68 Å². The summed E-state index contributed by atoms with van der Waals surface area (Å²) in [5.74, 6) is 2.00. The highest BCUT2D eigenvalue weighted by Crippen LogP contribution is 2.33. The topological polar surface area (TPSA) is 68.8 Å². The third kappa shape index (κ3) is 3.44. The van der Waals surface area contributed by atoms with Gasteiger partial charge in [-0.1, -0.05) is 18.0 Å². The summed E-state index contributed by atoms with van der Waals surface area (Å²) in [6.07, 6.45) is 9.82. The zero-order valence-electron chi connectivity index (χ0n) is 16.2. The molecule has 1 unspecified atom stereocenters. The van der Waals surface area contributed by atoms with Crippen molar-refractivity contribution in [2.45, 2.75) is 51.1 Å². The van der Waals surface area contributed by atoms with Crippen LogP contribution in [0.2, 0.25) is 5.02 Å². The monoisotopic (exact) mass is 410 g/mol. The molecule has 0 N–H and O–H groups in total. The fourth-order valence-corrected chi connectivity index (χ4v) is 4.49. The highest BCUT2D eigenvalue weighted by atomic mass is 35.5. The third-order valence-corrected chi connectivity index (χ3v) is 6.12. The van der Waals surface area contributed by atoms with Crippen LogP contribution in [-0.2, 0) is 13.0 Å². The number of hydrogen-bond acceptors (Lipinski definition) is 4. The van der Waals surface area contributed by atoms with E-state index in [4.69, 9.17) is 11.6 Å². The number of fused-ring (bicyclic) bond motifs is 1. The third-order valence-electron chi connectivity index (χ3n) is 5.87. The van der Waals surface area contributed by atoms with E-state index in [0.29, 0.717) is 10.6 Å². The second-order valence-electron chi connectivity index (χ2n) is 7.74. The van der Waals surface area contributed by atoms with Crippen LogP contribution in [0.4, 0.5) is 0 Å². The Morgan fingerprint density at radius 2 is 1.90 bits per heavy atom. The van der Waals surface area contributed by atoms with E-state index in [1.165, 1.54) is 6.42 Å². The SMILES string of the molecule is O=C(c1cnn(-c2ccc(Cl)cc2)c1)N1CCCC1c1nnc2n1CCCCC2. The van der Waals surface area contributed by atoms with Crippen LogP contribution >= 0.6 is 11.6 Å². The lowest BCUT2D eigenvalue weighted by Crippen LogP contribution is -2.32. The highest BCUT2D eigenvalue weighted by Gasteiger charge is 2.35. The van der Waals surface area contributed by atoms with Gasteiger partial charge >= 0.3 is 0 Å². The summed E-state index contributed by atoms with van der Waals surface area (Å²) in [6, 6.07) is 7.38. The van der Waals surface area contributed by atoms with Gasteiger partial charge in [-0.05, 0) is 49.9 Å². The van der Waals surface area contributed by atoms with Crippen molar-refractivity contribution in [1.82, 2.24) is 29.4 Å². The molecule has 0 saturated carbocycles. The van der Waals surface area contributed by atoms with Crippen LogP contribution in [0.3, 0.4) is 0 Å². The van der Waals surface area contributed by atoms with Gasteiger partial charge in [0, 0.05) is 30.7 Å².